The van der Waals surface area contributed by atoms with Crippen LogP contribution in [0.2, 0.25) is 0 Å². The normalized spacial score (nSPS) is 26.4. The van der Waals surface area contributed by atoms with Crippen molar-refractivity contribution >= 4 is 0 Å². The molecule has 2 saturated heterocycles. The Kier molecular flexibility index (Phi) is 7.24. The van der Waals surface area contributed by atoms with Gasteiger partial charge in [-0.25, -0.2) is 0 Å². The van der Waals surface area contributed by atoms with Gasteiger partial charge in [0.25, 0.3) is 0 Å². The number of hydrogen-bond donors (Lipinski definition) is 1. The highest BCUT2D eigenvalue weighted by atomic mass is 16.5. The number of rotatable bonds is 8. The van der Waals surface area contributed by atoms with Crippen LogP contribution in [0.3, 0.4) is 0 Å². The smallest absolute Gasteiger partial charge is 0.0593 e. The summed E-state index contributed by atoms with van der Waals surface area (Å²) < 4.78 is 10.6. The number of methoxy groups -OCH3 is 1. The summed E-state index contributed by atoms with van der Waals surface area (Å²) in [6.45, 7) is 8.32. The molecule has 2 fully saturated rings. The fraction of sp³-hybridized carbons (Fsp3) is 1.00. The first-order valence-electron chi connectivity index (χ1n) is 8.08. The van der Waals surface area contributed by atoms with E-state index < -0.39 is 0 Å². The van der Waals surface area contributed by atoms with Crippen molar-refractivity contribution < 1.29 is 9.47 Å². The summed E-state index contributed by atoms with van der Waals surface area (Å²) in [6, 6.07) is 1.18. The van der Waals surface area contributed by atoms with E-state index in [2.05, 4.69) is 9.80 Å². The third kappa shape index (κ3) is 5.30. The van der Waals surface area contributed by atoms with E-state index in [1.807, 2.05) is 0 Å². The molecule has 2 aliphatic rings. The minimum atomic E-state index is 0.434. The van der Waals surface area contributed by atoms with Crippen LogP contribution in [0, 0.1) is 0 Å². The Balaban J connectivity index is 1.54. The van der Waals surface area contributed by atoms with Crippen molar-refractivity contribution in [2.24, 2.45) is 5.73 Å². The van der Waals surface area contributed by atoms with Gasteiger partial charge in [-0.2, -0.15) is 0 Å². The van der Waals surface area contributed by atoms with Gasteiger partial charge in [0, 0.05) is 45.5 Å². The first kappa shape index (κ1) is 16.2. The van der Waals surface area contributed by atoms with Crippen molar-refractivity contribution in [3.05, 3.63) is 0 Å². The van der Waals surface area contributed by atoms with Gasteiger partial charge in [-0.3, -0.25) is 9.80 Å². The fourth-order valence-corrected chi connectivity index (χ4v) is 3.20. The van der Waals surface area contributed by atoms with Crippen LogP contribution in [0.4, 0.5) is 0 Å². The van der Waals surface area contributed by atoms with E-state index in [0.717, 1.165) is 38.8 Å². The van der Waals surface area contributed by atoms with Crippen LogP contribution >= 0.6 is 0 Å². The molecule has 0 radical (unpaired) electrons. The van der Waals surface area contributed by atoms with Gasteiger partial charge in [-0.05, 0) is 45.3 Å². The molecule has 2 aliphatic heterocycles. The summed E-state index contributed by atoms with van der Waals surface area (Å²) in [6.07, 6.45) is 4.63. The zero-order valence-electron chi connectivity index (χ0n) is 12.9. The van der Waals surface area contributed by atoms with Gasteiger partial charge in [0.1, 0.15) is 0 Å². The van der Waals surface area contributed by atoms with E-state index in [-0.39, 0.29) is 0 Å². The first-order chi connectivity index (χ1) is 9.79. The molecule has 0 aromatic rings. The quantitative estimate of drug-likeness (QED) is 0.660. The van der Waals surface area contributed by atoms with Gasteiger partial charge in [0.05, 0.1) is 6.61 Å². The summed E-state index contributed by atoms with van der Waals surface area (Å²) in [5.74, 6) is 0. The molecule has 1 atom stereocenters. The van der Waals surface area contributed by atoms with Crippen LogP contribution in [-0.2, 0) is 9.47 Å². The van der Waals surface area contributed by atoms with Gasteiger partial charge in [0.15, 0.2) is 0 Å². The second-order valence-electron chi connectivity index (χ2n) is 6.08. The maximum absolute atomic E-state index is 5.98. The fourth-order valence-electron chi connectivity index (χ4n) is 3.20. The number of piperidine rings is 1. The summed E-state index contributed by atoms with van der Waals surface area (Å²) >= 11 is 0. The maximum Gasteiger partial charge on any atom is 0.0593 e. The second kappa shape index (κ2) is 8.95. The molecule has 2 N–H and O–H groups in total. The van der Waals surface area contributed by atoms with Gasteiger partial charge in [-0.1, -0.05) is 0 Å². The highest BCUT2D eigenvalue weighted by Crippen LogP contribution is 2.19. The molecule has 5 nitrogen and oxygen atoms in total. The zero-order chi connectivity index (χ0) is 14.2. The van der Waals surface area contributed by atoms with E-state index in [4.69, 9.17) is 15.2 Å². The summed E-state index contributed by atoms with van der Waals surface area (Å²) in [5.41, 5.74) is 5.98. The molecular weight excluding hydrogens is 254 g/mol. The van der Waals surface area contributed by atoms with E-state index in [9.17, 15) is 0 Å². The summed E-state index contributed by atoms with van der Waals surface area (Å²) in [7, 11) is 1.73. The summed E-state index contributed by atoms with van der Waals surface area (Å²) in [4.78, 5) is 5.18. The Morgan fingerprint density at radius 2 is 1.85 bits per heavy atom. The van der Waals surface area contributed by atoms with Crippen molar-refractivity contribution in [3.63, 3.8) is 0 Å². The highest BCUT2D eigenvalue weighted by molar-refractivity contribution is 4.86. The molecule has 0 saturated carbocycles. The molecule has 0 aliphatic carbocycles. The largest absolute Gasteiger partial charge is 0.385 e. The van der Waals surface area contributed by atoms with E-state index in [0.29, 0.717) is 6.04 Å². The molecule has 0 spiro atoms. The Morgan fingerprint density at radius 3 is 2.60 bits per heavy atom. The van der Waals surface area contributed by atoms with Crippen molar-refractivity contribution in [1.82, 2.24) is 9.80 Å². The van der Waals surface area contributed by atoms with Crippen molar-refractivity contribution in [1.29, 1.82) is 0 Å². The SMILES string of the molecule is COCCCOCCN1CCC(N2CCC(N)CC2)C1. The molecule has 0 amide bonds. The Bertz CT molecular complexity index is 258. The van der Waals surface area contributed by atoms with Crippen LogP contribution in [-0.4, -0.2) is 81.5 Å². The lowest BCUT2D eigenvalue weighted by molar-refractivity contribution is 0.0853. The van der Waals surface area contributed by atoms with Crippen LogP contribution in [0.25, 0.3) is 0 Å². The highest BCUT2D eigenvalue weighted by Gasteiger charge is 2.29. The maximum atomic E-state index is 5.98. The molecule has 118 valence electrons. The first-order valence-corrected chi connectivity index (χ1v) is 8.08. The third-order valence-corrected chi connectivity index (χ3v) is 4.53. The monoisotopic (exact) mass is 285 g/mol. The molecule has 2 heterocycles. The van der Waals surface area contributed by atoms with Crippen molar-refractivity contribution in [2.75, 3.05) is 59.7 Å². The molecule has 0 aromatic carbocycles. The Labute approximate surface area is 123 Å². The van der Waals surface area contributed by atoms with Crippen LogP contribution in [0.5, 0.6) is 0 Å². The van der Waals surface area contributed by atoms with Gasteiger partial charge < -0.3 is 15.2 Å². The average Bonchev–Trinajstić information content (AvgIpc) is 2.92. The second-order valence-corrected chi connectivity index (χ2v) is 6.08. The van der Waals surface area contributed by atoms with Gasteiger partial charge in [0.2, 0.25) is 0 Å². The standard InChI is InChI=1S/C15H31N3O2/c1-19-10-2-11-20-12-9-17-6-5-15(13-17)18-7-3-14(16)4-8-18/h14-15H,2-13,16H2,1H3. The predicted molar refractivity (Wildman–Crippen MR) is 80.9 cm³/mol. The lowest BCUT2D eigenvalue weighted by atomic mass is 10.0. The van der Waals surface area contributed by atoms with Crippen LogP contribution in [0.1, 0.15) is 25.7 Å². The number of likely N-dealkylation sites (tertiary alicyclic amines) is 2. The van der Waals surface area contributed by atoms with E-state index in [1.54, 1.807) is 7.11 Å². The number of hydrogen-bond acceptors (Lipinski definition) is 5. The summed E-state index contributed by atoms with van der Waals surface area (Å²) in [5, 5.41) is 0. The van der Waals surface area contributed by atoms with E-state index in [1.165, 1.54) is 45.4 Å². The predicted octanol–water partition coefficient (Wildman–Crippen LogP) is 0.537. The topological polar surface area (TPSA) is 51.0 Å². The molecule has 1 unspecified atom stereocenters. The lowest BCUT2D eigenvalue weighted by Crippen LogP contribution is -2.46. The number of ether oxygens (including phenoxy) is 2. The number of nitrogens with two attached hydrogens (primary N) is 1. The van der Waals surface area contributed by atoms with Crippen LogP contribution < -0.4 is 5.73 Å². The number of nitrogens with zero attached hydrogens (tertiary/aromatic N) is 2. The molecule has 2 rings (SSSR count). The molecule has 20 heavy (non-hydrogen) atoms. The van der Waals surface area contributed by atoms with Gasteiger partial charge >= 0.3 is 0 Å². The molecule has 5 heteroatoms. The minimum absolute atomic E-state index is 0.434. The van der Waals surface area contributed by atoms with Crippen LogP contribution in [0.15, 0.2) is 0 Å². The van der Waals surface area contributed by atoms with Crippen molar-refractivity contribution in [2.45, 2.75) is 37.8 Å². The minimum Gasteiger partial charge on any atom is -0.385 e. The van der Waals surface area contributed by atoms with Crippen molar-refractivity contribution in [3.8, 4) is 0 Å². The Hall–Kier alpha value is -0.200. The lowest BCUT2D eigenvalue weighted by Gasteiger charge is -2.34. The van der Waals surface area contributed by atoms with E-state index >= 15 is 0 Å². The average molecular weight is 285 g/mol. The zero-order valence-corrected chi connectivity index (χ0v) is 12.9. The Morgan fingerprint density at radius 1 is 1.05 bits per heavy atom. The molecular formula is C15H31N3O2. The molecule has 0 aromatic heterocycles. The molecule has 0 bridgehead atoms. The third-order valence-electron chi connectivity index (χ3n) is 4.53. The van der Waals surface area contributed by atoms with Gasteiger partial charge in [-0.15, -0.1) is 0 Å².